The predicted octanol–water partition coefficient (Wildman–Crippen LogP) is 3.69. The minimum atomic E-state index is 0.0946. The molecular weight excluding hydrogens is 274 g/mol. The van der Waals surface area contributed by atoms with Gasteiger partial charge < -0.3 is 14.8 Å². The Bertz CT molecular complexity index is 542. The van der Waals surface area contributed by atoms with Crippen molar-refractivity contribution < 1.29 is 9.47 Å². The van der Waals surface area contributed by atoms with Crippen LogP contribution in [-0.2, 0) is 0 Å². The van der Waals surface area contributed by atoms with Crippen LogP contribution < -0.4 is 14.8 Å². The Morgan fingerprint density at radius 2 is 1.80 bits per heavy atom. The summed E-state index contributed by atoms with van der Waals surface area (Å²) in [6, 6.07) is 15.5. The van der Waals surface area contributed by atoms with E-state index in [4.69, 9.17) is 21.1 Å². The van der Waals surface area contributed by atoms with Crippen LogP contribution in [0.5, 0.6) is 11.5 Å². The van der Waals surface area contributed by atoms with Gasteiger partial charge in [0.05, 0.1) is 18.2 Å². The van der Waals surface area contributed by atoms with Crippen LogP contribution in [0.4, 0.5) is 0 Å². The van der Waals surface area contributed by atoms with Crippen LogP contribution in [0.3, 0.4) is 0 Å². The lowest BCUT2D eigenvalue weighted by Gasteiger charge is -2.18. The number of para-hydroxylation sites is 1. The fourth-order valence-electron chi connectivity index (χ4n) is 1.92. The van der Waals surface area contributed by atoms with Crippen LogP contribution in [0.2, 0.25) is 5.02 Å². The number of likely N-dealkylation sites (N-methyl/N-ethyl adjacent to an activating group) is 1. The highest BCUT2D eigenvalue weighted by atomic mass is 35.5. The number of hydrogen-bond donors (Lipinski definition) is 1. The maximum atomic E-state index is 6.07. The van der Waals surface area contributed by atoms with Crippen LogP contribution in [0, 0.1) is 0 Å². The van der Waals surface area contributed by atoms with Gasteiger partial charge in [-0.05, 0) is 36.9 Å². The first-order chi connectivity index (χ1) is 9.74. The van der Waals surface area contributed by atoms with E-state index in [1.165, 1.54) is 0 Å². The number of nitrogens with one attached hydrogen (secondary N) is 1. The minimum absolute atomic E-state index is 0.0946. The van der Waals surface area contributed by atoms with Gasteiger partial charge in [0.25, 0.3) is 0 Å². The molecule has 1 atom stereocenters. The molecule has 2 aromatic carbocycles. The van der Waals surface area contributed by atoms with E-state index in [0.717, 1.165) is 11.3 Å². The Morgan fingerprint density at radius 1 is 1.10 bits per heavy atom. The Kier molecular flexibility index (Phi) is 5.27. The Balaban J connectivity index is 2.03. The molecule has 1 N–H and O–H groups in total. The van der Waals surface area contributed by atoms with Gasteiger partial charge >= 0.3 is 0 Å². The second kappa shape index (κ2) is 7.17. The lowest BCUT2D eigenvalue weighted by molar-refractivity contribution is 0.273. The first kappa shape index (κ1) is 14.7. The number of methoxy groups -OCH3 is 1. The van der Waals surface area contributed by atoms with E-state index in [0.29, 0.717) is 17.4 Å². The molecule has 2 rings (SSSR count). The SMILES string of the molecule is CNC(COc1ccccc1Cl)c1ccc(OC)cc1. The number of ether oxygens (including phenoxy) is 2. The second-order valence-electron chi connectivity index (χ2n) is 4.36. The lowest BCUT2D eigenvalue weighted by atomic mass is 10.1. The summed E-state index contributed by atoms with van der Waals surface area (Å²) in [5.74, 6) is 1.54. The number of hydrogen-bond acceptors (Lipinski definition) is 3. The first-order valence-electron chi connectivity index (χ1n) is 6.43. The van der Waals surface area contributed by atoms with Gasteiger partial charge in [0.2, 0.25) is 0 Å². The van der Waals surface area contributed by atoms with Crippen molar-refractivity contribution in [2.45, 2.75) is 6.04 Å². The maximum absolute atomic E-state index is 6.07. The lowest BCUT2D eigenvalue weighted by Crippen LogP contribution is -2.23. The van der Waals surface area contributed by atoms with Crippen molar-refractivity contribution in [1.82, 2.24) is 5.32 Å². The van der Waals surface area contributed by atoms with Gasteiger partial charge in [0.1, 0.15) is 18.1 Å². The average Bonchev–Trinajstić information content (AvgIpc) is 2.50. The average molecular weight is 292 g/mol. The molecule has 0 saturated heterocycles. The third-order valence-electron chi connectivity index (χ3n) is 3.11. The van der Waals surface area contributed by atoms with Crippen LogP contribution in [0.15, 0.2) is 48.5 Å². The standard InChI is InChI=1S/C16H18ClNO2/c1-18-15(12-7-9-13(19-2)10-8-12)11-20-16-6-4-3-5-14(16)17/h3-10,15,18H,11H2,1-2H3. The van der Waals surface area contributed by atoms with Crippen molar-refractivity contribution in [3.05, 3.63) is 59.1 Å². The molecule has 0 aromatic heterocycles. The Morgan fingerprint density at radius 3 is 2.40 bits per heavy atom. The van der Waals surface area contributed by atoms with Gasteiger partial charge in [-0.2, -0.15) is 0 Å². The van der Waals surface area contributed by atoms with Crippen molar-refractivity contribution >= 4 is 11.6 Å². The zero-order chi connectivity index (χ0) is 14.4. The van der Waals surface area contributed by atoms with E-state index < -0.39 is 0 Å². The van der Waals surface area contributed by atoms with E-state index in [1.54, 1.807) is 7.11 Å². The molecule has 0 aliphatic rings. The molecule has 0 saturated carbocycles. The topological polar surface area (TPSA) is 30.5 Å². The molecule has 0 heterocycles. The number of rotatable bonds is 6. The summed E-state index contributed by atoms with van der Waals surface area (Å²) >= 11 is 6.07. The molecule has 2 aromatic rings. The molecule has 0 radical (unpaired) electrons. The molecular formula is C16H18ClNO2. The summed E-state index contributed by atoms with van der Waals surface area (Å²) < 4.78 is 10.9. The summed E-state index contributed by atoms with van der Waals surface area (Å²) in [6.45, 7) is 0.507. The number of benzene rings is 2. The summed E-state index contributed by atoms with van der Waals surface area (Å²) in [5, 5.41) is 3.86. The first-order valence-corrected chi connectivity index (χ1v) is 6.81. The normalized spacial score (nSPS) is 11.9. The molecule has 1 unspecified atom stereocenters. The molecule has 20 heavy (non-hydrogen) atoms. The minimum Gasteiger partial charge on any atom is -0.497 e. The third kappa shape index (κ3) is 3.65. The molecule has 0 spiro atoms. The maximum Gasteiger partial charge on any atom is 0.137 e. The van der Waals surface area contributed by atoms with E-state index >= 15 is 0 Å². The van der Waals surface area contributed by atoms with Gasteiger partial charge in [-0.3, -0.25) is 0 Å². The van der Waals surface area contributed by atoms with E-state index in [1.807, 2.05) is 55.6 Å². The second-order valence-corrected chi connectivity index (χ2v) is 4.76. The van der Waals surface area contributed by atoms with Crippen molar-refractivity contribution in [1.29, 1.82) is 0 Å². The van der Waals surface area contributed by atoms with Crippen molar-refractivity contribution in [3.8, 4) is 11.5 Å². The third-order valence-corrected chi connectivity index (χ3v) is 3.42. The molecule has 106 valence electrons. The highest BCUT2D eigenvalue weighted by Crippen LogP contribution is 2.25. The fourth-order valence-corrected chi connectivity index (χ4v) is 2.11. The predicted molar refractivity (Wildman–Crippen MR) is 81.7 cm³/mol. The van der Waals surface area contributed by atoms with Crippen molar-refractivity contribution in [3.63, 3.8) is 0 Å². The summed E-state index contributed by atoms with van der Waals surface area (Å²) in [4.78, 5) is 0. The fraction of sp³-hybridized carbons (Fsp3) is 0.250. The van der Waals surface area contributed by atoms with Crippen LogP contribution >= 0.6 is 11.6 Å². The van der Waals surface area contributed by atoms with Gasteiger partial charge in [0, 0.05) is 0 Å². The molecule has 0 bridgehead atoms. The Hall–Kier alpha value is -1.71. The van der Waals surface area contributed by atoms with Gasteiger partial charge in [-0.15, -0.1) is 0 Å². The molecule has 0 aliphatic carbocycles. The summed E-state index contributed by atoms with van der Waals surface area (Å²) in [6.07, 6.45) is 0. The van der Waals surface area contributed by atoms with Gasteiger partial charge in [-0.1, -0.05) is 35.9 Å². The zero-order valence-electron chi connectivity index (χ0n) is 11.6. The summed E-state index contributed by atoms with van der Waals surface area (Å²) in [5.41, 5.74) is 1.14. The molecule has 3 nitrogen and oxygen atoms in total. The summed E-state index contributed by atoms with van der Waals surface area (Å²) in [7, 11) is 3.57. The molecule has 0 fully saturated rings. The molecule has 4 heteroatoms. The quantitative estimate of drug-likeness (QED) is 0.880. The molecule has 0 amide bonds. The van der Waals surface area contributed by atoms with Crippen LogP contribution in [0.25, 0.3) is 0 Å². The molecule has 0 aliphatic heterocycles. The Labute approximate surface area is 124 Å². The number of halogens is 1. The van der Waals surface area contributed by atoms with Gasteiger partial charge in [0.15, 0.2) is 0 Å². The highest BCUT2D eigenvalue weighted by Gasteiger charge is 2.11. The smallest absolute Gasteiger partial charge is 0.137 e. The van der Waals surface area contributed by atoms with Crippen LogP contribution in [-0.4, -0.2) is 20.8 Å². The van der Waals surface area contributed by atoms with Crippen molar-refractivity contribution in [2.75, 3.05) is 20.8 Å². The van der Waals surface area contributed by atoms with Crippen LogP contribution in [0.1, 0.15) is 11.6 Å². The monoisotopic (exact) mass is 291 g/mol. The van der Waals surface area contributed by atoms with E-state index in [2.05, 4.69) is 5.32 Å². The highest BCUT2D eigenvalue weighted by molar-refractivity contribution is 6.32. The zero-order valence-corrected chi connectivity index (χ0v) is 12.4. The largest absolute Gasteiger partial charge is 0.497 e. The van der Waals surface area contributed by atoms with Gasteiger partial charge in [-0.25, -0.2) is 0 Å². The van der Waals surface area contributed by atoms with E-state index in [9.17, 15) is 0 Å². The van der Waals surface area contributed by atoms with E-state index in [-0.39, 0.29) is 6.04 Å². The van der Waals surface area contributed by atoms with Crippen molar-refractivity contribution in [2.24, 2.45) is 0 Å².